The Morgan fingerprint density at radius 3 is 2.71 bits per heavy atom. The second kappa shape index (κ2) is 6.22. The lowest BCUT2D eigenvalue weighted by molar-refractivity contribution is -0.237. The Balaban J connectivity index is 1.94. The van der Waals surface area contributed by atoms with E-state index in [4.69, 9.17) is 9.15 Å². The van der Waals surface area contributed by atoms with Crippen molar-refractivity contribution in [3.8, 4) is 0 Å². The van der Waals surface area contributed by atoms with E-state index >= 15 is 0 Å². The molecule has 0 saturated carbocycles. The molecule has 2 heterocycles. The van der Waals surface area contributed by atoms with E-state index in [2.05, 4.69) is 0 Å². The first-order valence-corrected chi connectivity index (χ1v) is 7.68. The van der Waals surface area contributed by atoms with E-state index in [0.717, 1.165) is 16.5 Å². The van der Waals surface area contributed by atoms with Gasteiger partial charge in [-0.3, -0.25) is 4.90 Å². The molecule has 0 N–H and O–H groups in total. The third-order valence-electron chi connectivity index (χ3n) is 4.17. The molecule has 0 aliphatic carbocycles. The average Bonchev–Trinajstić information content (AvgIpc) is 2.48. The Hall–Kier alpha value is -1.86. The maximum Gasteiger partial charge on any atom is 0.415 e. The lowest BCUT2D eigenvalue weighted by Crippen LogP contribution is -2.48. The molecule has 1 fully saturated rings. The summed E-state index contributed by atoms with van der Waals surface area (Å²) in [4.78, 5) is 13.5. The number of hydrogen-bond donors (Lipinski definition) is 0. The van der Waals surface area contributed by atoms with Crippen LogP contribution in [0.1, 0.15) is 16.7 Å². The molecule has 130 valence electrons. The second-order valence-electron chi connectivity index (χ2n) is 6.19. The zero-order valence-electron chi connectivity index (χ0n) is 13.4. The number of fused-ring (bicyclic) bond motifs is 1. The van der Waals surface area contributed by atoms with Crippen LogP contribution in [-0.2, 0) is 11.3 Å². The second-order valence-corrected chi connectivity index (χ2v) is 6.19. The van der Waals surface area contributed by atoms with Gasteiger partial charge in [-0.05, 0) is 36.6 Å². The summed E-state index contributed by atoms with van der Waals surface area (Å²) in [6.07, 6.45) is -6.18. The van der Waals surface area contributed by atoms with Gasteiger partial charge >= 0.3 is 11.8 Å². The summed E-state index contributed by atoms with van der Waals surface area (Å²) in [7, 11) is 0. The highest BCUT2D eigenvalue weighted by Crippen LogP contribution is 2.28. The maximum absolute atomic E-state index is 12.9. The number of nitrogens with zero attached hydrogens (tertiary/aromatic N) is 1. The van der Waals surface area contributed by atoms with Gasteiger partial charge in [0.2, 0.25) is 0 Å². The molecule has 2 aromatic rings. The van der Waals surface area contributed by atoms with Crippen LogP contribution >= 0.6 is 0 Å². The minimum absolute atomic E-state index is 0.0155. The minimum atomic E-state index is -4.39. The molecule has 4 nitrogen and oxygen atoms in total. The quantitative estimate of drug-likeness (QED) is 0.787. The number of hydrogen-bond acceptors (Lipinski definition) is 4. The third kappa shape index (κ3) is 3.47. The number of alkyl halides is 3. The smallest absolute Gasteiger partial charge is 0.415 e. The highest BCUT2D eigenvalue weighted by Gasteiger charge is 2.43. The Kier molecular flexibility index (Phi) is 4.40. The molecule has 3 rings (SSSR count). The Labute approximate surface area is 136 Å². The van der Waals surface area contributed by atoms with Crippen molar-refractivity contribution in [3.05, 3.63) is 45.3 Å². The SMILES string of the molecule is Cc1cc(C)c2oc(=O)cc(CN3CCOC(C(F)(F)F)C3)c2c1. The van der Waals surface area contributed by atoms with Gasteiger partial charge in [-0.2, -0.15) is 13.2 Å². The lowest BCUT2D eigenvalue weighted by Gasteiger charge is -2.33. The van der Waals surface area contributed by atoms with Crippen LogP contribution in [0.2, 0.25) is 0 Å². The molecule has 1 atom stereocenters. The molecule has 0 bridgehead atoms. The van der Waals surface area contributed by atoms with E-state index in [9.17, 15) is 18.0 Å². The summed E-state index contributed by atoms with van der Waals surface area (Å²) in [6.45, 7) is 4.18. The van der Waals surface area contributed by atoms with Crippen molar-refractivity contribution in [3.63, 3.8) is 0 Å². The summed E-state index contributed by atoms with van der Waals surface area (Å²) in [5.74, 6) is 0. The van der Waals surface area contributed by atoms with Gasteiger partial charge in [0.25, 0.3) is 0 Å². The molecule has 1 aliphatic rings. The van der Waals surface area contributed by atoms with E-state index in [-0.39, 0.29) is 19.7 Å². The summed E-state index contributed by atoms with van der Waals surface area (Å²) in [5.41, 5.74) is 2.51. The fraction of sp³-hybridized carbons (Fsp3) is 0.471. The van der Waals surface area contributed by atoms with Gasteiger partial charge in [0.1, 0.15) is 5.58 Å². The van der Waals surface area contributed by atoms with Crippen molar-refractivity contribution in [1.29, 1.82) is 0 Å². The van der Waals surface area contributed by atoms with Crippen LogP contribution < -0.4 is 5.63 Å². The largest absolute Gasteiger partial charge is 0.422 e. The van der Waals surface area contributed by atoms with Crippen LogP contribution in [0.15, 0.2) is 27.4 Å². The van der Waals surface area contributed by atoms with Crippen LogP contribution in [0.5, 0.6) is 0 Å². The Morgan fingerprint density at radius 1 is 1.25 bits per heavy atom. The molecule has 1 saturated heterocycles. The van der Waals surface area contributed by atoms with Crippen molar-refractivity contribution in [1.82, 2.24) is 4.90 Å². The van der Waals surface area contributed by atoms with Crippen LogP contribution in [-0.4, -0.2) is 36.9 Å². The summed E-state index contributed by atoms with van der Waals surface area (Å²) < 4.78 is 48.7. The molecule has 0 amide bonds. The van der Waals surface area contributed by atoms with Crippen molar-refractivity contribution in [2.24, 2.45) is 0 Å². The predicted octanol–water partition coefficient (Wildman–Crippen LogP) is 3.17. The van der Waals surface area contributed by atoms with Crippen LogP contribution in [0.4, 0.5) is 13.2 Å². The predicted molar refractivity (Wildman–Crippen MR) is 83.0 cm³/mol. The molecule has 0 radical (unpaired) electrons. The standard InChI is InChI=1S/C17H18F3NO3/c1-10-5-11(2)16-13(6-10)12(7-15(22)24-16)8-21-3-4-23-14(9-21)17(18,19)20/h5-7,14H,3-4,8-9H2,1-2H3. The molecule has 24 heavy (non-hydrogen) atoms. The minimum Gasteiger partial charge on any atom is -0.422 e. The van der Waals surface area contributed by atoms with E-state index in [0.29, 0.717) is 17.7 Å². The molecule has 1 aliphatic heterocycles. The van der Waals surface area contributed by atoms with Crippen molar-refractivity contribution >= 4 is 11.0 Å². The van der Waals surface area contributed by atoms with Crippen LogP contribution in [0.25, 0.3) is 11.0 Å². The van der Waals surface area contributed by atoms with Crippen LogP contribution in [0.3, 0.4) is 0 Å². The Morgan fingerprint density at radius 2 is 2.00 bits per heavy atom. The fourth-order valence-electron chi connectivity index (χ4n) is 3.09. The van der Waals surface area contributed by atoms with E-state index in [1.807, 2.05) is 26.0 Å². The number of rotatable bonds is 2. The Bertz CT molecular complexity index is 813. The summed E-state index contributed by atoms with van der Waals surface area (Å²) in [5, 5.41) is 0.766. The van der Waals surface area contributed by atoms with Crippen molar-refractivity contribution in [2.45, 2.75) is 32.7 Å². The van der Waals surface area contributed by atoms with Gasteiger partial charge in [0, 0.05) is 31.1 Å². The maximum atomic E-state index is 12.9. The zero-order valence-corrected chi connectivity index (χ0v) is 13.4. The average molecular weight is 341 g/mol. The van der Waals surface area contributed by atoms with E-state index < -0.39 is 17.9 Å². The van der Waals surface area contributed by atoms with Gasteiger partial charge in [0.15, 0.2) is 6.10 Å². The van der Waals surface area contributed by atoms with Gasteiger partial charge in [0.05, 0.1) is 6.61 Å². The van der Waals surface area contributed by atoms with Gasteiger partial charge in [-0.25, -0.2) is 4.79 Å². The number of morpholine rings is 1. The molecule has 1 aromatic carbocycles. The highest BCUT2D eigenvalue weighted by atomic mass is 19.4. The number of halogens is 3. The van der Waals surface area contributed by atoms with Gasteiger partial charge in [-0.15, -0.1) is 0 Å². The van der Waals surface area contributed by atoms with Crippen LogP contribution in [0, 0.1) is 13.8 Å². The topological polar surface area (TPSA) is 42.7 Å². The van der Waals surface area contributed by atoms with Gasteiger partial charge in [-0.1, -0.05) is 6.07 Å². The van der Waals surface area contributed by atoms with E-state index in [1.165, 1.54) is 6.07 Å². The first-order chi connectivity index (χ1) is 11.2. The highest BCUT2D eigenvalue weighted by molar-refractivity contribution is 5.83. The number of benzene rings is 1. The monoisotopic (exact) mass is 341 g/mol. The number of aryl methyl sites for hydroxylation is 2. The first kappa shape index (κ1) is 17.0. The zero-order chi connectivity index (χ0) is 17.5. The van der Waals surface area contributed by atoms with E-state index in [1.54, 1.807) is 4.90 Å². The molecule has 0 spiro atoms. The number of ether oxygens (including phenoxy) is 1. The summed E-state index contributed by atoms with van der Waals surface area (Å²) in [6, 6.07) is 5.16. The molecule has 1 aromatic heterocycles. The normalized spacial score (nSPS) is 19.8. The fourth-order valence-corrected chi connectivity index (χ4v) is 3.09. The summed E-state index contributed by atoms with van der Waals surface area (Å²) >= 11 is 0. The molecular weight excluding hydrogens is 323 g/mol. The molecular formula is C17H18F3NO3. The molecule has 7 heteroatoms. The van der Waals surface area contributed by atoms with Crippen molar-refractivity contribution in [2.75, 3.05) is 19.7 Å². The lowest BCUT2D eigenvalue weighted by atomic mass is 10.0. The third-order valence-corrected chi connectivity index (χ3v) is 4.17. The van der Waals surface area contributed by atoms with Crippen molar-refractivity contribution < 1.29 is 22.3 Å². The first-order valence-electron chi connectivity index (χ1n) is 7.68. The molecule has 1 unspecified atom stereocenters. The van der Waals surface area contributed by atoms with Gasteiger partial charge < -0.3 is 9.15 Å².